The minimum absolute atomic E-state index is 0.0409. The number of nitrogens with zero attached hydrogens (tertiary/aromatic N) is 2. The van der Waals surface area contributed by atoms with Gasteiger partial charge in [-0.2, -0.15) is 0 Å². The zero-order valence-corrected chi connectivity index (χ0v) is 16.7. The van der Waals surface area contributed by atoms with Crippen LogP contribution in [0.25, 0.3) is 0 Å². The highest BCUT2D eigenvalue weighted by atomic mass is 16.5. The first-order chi connectivity index (χ1) is 13.1. The number of likely N-dealkylation sites (tertiary alicyclic amines) is 1. The van der Waals surface area contributed by atoms with Crippen LogP contribution in [-0.2, 0) is 9.53 Å². The first-order valence-electron chi connectivity index (χ1n) is 9.50. The Bertz CT molecular complexity index is 618. The van der Waals surface area contributed by atoms with Gasteiger partial charge >= 0.3 is 5.97 Å². The number of piperidine rings is 1. The van der Waals surface area contributed by atoms with E-state index in [4.69, 9.17) is 14.2 Å². The first-order valence-corrected chi connectivity index (χ1v) is 9.50. The Morgan fingerprint density at radius 1 is 1.33 bits per heavy atom. The molecule has 0 radical (unpaired) electrons. The van der Waals surface area contributed by atoms with Gasteiger partial charge in [-0.25, -0.2) is 0 Å². The maximum absolute atomic E-state index is 12.0. The topological polar surface area (TPSA) is 72.4 Å². The van der Waals surface area contributed by atoms with E-state index in [1.165, 1.54) is 0 Å². The predicted molar refractivity (Wildman–Crippen MR) is 105 cm³/mol. The first kappa shape index (κ1) is 20.9. The van der Waals surface area contributed by atoms with E-state index in [2.05, 4.69) is 15.2 Å². The van der Waals surface area contributed by atoms with Gasteiger partial charge in [0.1, 0.15) is 17.6 Å². The summed E-state index contributed by atoms with van der Waals surface area (Å²) in [7, 11) is 3.40. The van der Waals surface area contributed by atoms with Gasteiger partial charge in [-0.1, -0.05) is 0 Å². The maximum Gasteiger partial charge on any atom is 0.310 e. The molecule has 0 aliphatic carbocycles. The third kappa shape index (κ3) is 6.34. The normalized spacial score (nSPS) is 18.6. The molecular formula is C20H31N3O4. The van der Waals surface area contributed by atoms with Gasteiger partial charge in [0.2, 0.25) is 0 Å². The fourth-order valence-corrected chi connectivity index (χ4v) is 3.12. The Balaban J connectivity index is 1.84. The standard InChI is InChI=1S/C20H31N3O4/c1-5-26-19(24)16-7-6-12-23(14-16)20(21-3)22-13-15(2)27-18-10-8-17(25-4)9-11-18/h8-11,15-16H,5-7,12-14H2,1-4H3,(H,21,22). The molecule has 7 nitrogen and oxygen atoms in total. The molecule has 1 aliphatic heterocycles. The molecule has 2 atom stereocenters. The second-order valence-corrected chi connectivity index (χ2v) is 6.57. The summed E-state index contributed by atoms with van der Waals surface area (Å²) in [6.07, 6.45) is 1.77. The van der Waals surface area contributed by atoms with Gasteiger partial charge in [-0.15, -0.1) is 0 Å². The molecule has 0 spiro atoms. The molecule has 1 heterocycles. The van der Waals surface area contributed by atoms with Crippen molar-refractivity contribution in [2.75, 3.05) is 40.4 Å². The monoisotopic (exact) mass is 377 g/mol. The largest absolute Gasteiger partial charge is 0.497 e. The zero-order chi connectivity index (χ0) is 19.6. The molecule has 2 unspecified atom stereocenters. The van der Waals surface area contributed by atoms with Crippen LogP contribution in [-0.4, -0.2) is 63.3 Å². The number of nitrogens with one attached hydrogen (secondary N) is 1. The van der Waals surface area contributed by atoms with E-state index in [0.29, 0.717) is 19.7 Å². The minimum Gasteiger partial charge on any atom is -0.497 e. The molecule has 0 amide bonds. The van der Waals surface area contributed by atoms with Crippen LogP contribution in [0.2, 0.25) is 0 Å². The maximum atomic E-state index is 12.0. The second-order valence-electron chi connectivity index (χ2n) is 6.57. The number of carbonyl (C=O) groups excluding carboxylic acids is 1. The molecule has 1 aromatic rings. The number of hydrogen-bond donors (Lipinski definition) is 1. The van der Waals surface area contributed by atoms with Gasteiger partial charge in [0, 0.05) is 20.1 Å². The summed E-state index contributed by atoms with van der Waals surface area (Å²) in [4.78, 5) is 18.5. The van der Waals surface area contributed by atoms with E-state index < -0.39 is 0 Å². The second kappa shape index (κ2) is 10.6. The van der Waals surface area contributed by atoms with Crippen molar-refractivity contribution in [2.45, 2.75) is 32.8 Å². The van der Waals surface area contributed by atoms with Crippen molar-refractivity contribution in [1.29, 1.82) is 0 Å². The van der Waals surface area contributed by atoms with Crippen molar-refractivity contribution < 1.29 is 19.0 Å². The van der Waals surface area contributed by atoms with E-state index in [-0.39, 0.29) is 18.0 Å². The third-order valence-corrected chi connectivity index (χ3v) is 4.50. The van der Waals surface area contributed by atoms with Crippen LogP contribution < -0.4 is 14.8 Å². The van der Waals surface area contributed by atoms with Gasteiger partial charge in [0.15, 0.2) is 5.96 Å². The summed E-state index contributed by atoms with van der Waals surface area (Å²) in [5, 5.41) is 3.35. The van der Waals surface area contributed by atoms with Crippen molar-refractivity contribution in [3.8, 4) is 11.5 Å². The lowest BCUT2D eigenvalue weighted by Gasteiger charge is -2.34. The highest BCUT2D eigenvalue weighted by molar-refractivity contribution is 5.81. The molecular weight excluding hydrogens is 346 g/mol. The molecule has 1 saturated heterocycles. The smallest absolute Gasteiger partial charge is 0.310 e. The predicted octanol–water partition coefficient (Wildman–Crippen LogP) is 2.31. The van der Waals surface area contributed by atoms with Crippen LogP contribution in [0, 0.1) is 5.92 Å². The van der Waals surface area contributed by atoms with Crippen LogP contribution in [0.4, 0.5) is 0 Å². The van der Waals surface area contributed by atoms with Crippen molar-refractivity contribution in [2.24, 2.45) is 10.9 Å². The van der Waals surface area contributed by atoms with E-state index in [9.17, 15) is 4.79 Å². The van der Waals surface area contributed by atoms with E-state index in [1.807, 2.05) is 38.1 Å². The zero-order valence-electron chi connectivity index (χ0n) is 16.7. The summed E-state index contributed by atoms with van der Waals surface area (Å²) in [5.41, 5.74) is 0. The third-order valence-electron chi connectivity index (χ3n) is 4.50. The molecule has 1 aliphatic rings. The van der Waals surface area contributed by atoms with Crippen LogP contribution in [0.15, 0.2) is 29.3 Å². The Morgan fingerprint density at radius 2 is 2.04 bits per heavy atom. The van der Waals surface area contributed by atoms with Crippen molar-refractivity contribution in [3.05, 3.63) is 24.3 Å². The van der Waals surface area contributed by atoms with Gasteiger partial charge in [-0.05, 0) is 51.0 Å². The van der Waals surface area contributed by atoms with E-state index in [0.717, 1.165) is 36.8 Å². The molecule has 7 heteroatoms. The molecule has 0 aromatic heterocycles. The van der Waals surface area contributed by atoms with Gasteiger partial charge in [0.05, 0.1) is 26.2 Å². The number of methoxy groups -OCH3 is 1. The van der Waals surface area contributed by atoms with Crippen molar-refractivity contribution in [3.63, 3.8) is 0 Å². The van der Waals surface area contributed by atoms with Gasteiger partial charge in [-0.3, -0.25) is 9.79 Å². The Kier molecular flexibility index (Phi) is 8.23. The lowest BCUT2D eigenvalue weighted by molar-refractivity contribution is -0.149. The average Bonchev–Trinajstić information content (AvgIpc) is 2.69. The van der Waals surface area contributed by atoms with Gasteiger partial charge < -0.3 is 24.4 Å². The lowest BCUT2D eigenvalue weighted by atomic mass is 9.98. The minimum atomic E-state index is -0.117. The van der Waals surface area contributed by atoms with Crippen LogP contribution >= 0.6 is 0 Å². The van der Waals surface area contributed by atoms with Crippen molar-refractivity contribution in [1.82, 2.24) is 10.2 Å². The number of aliphatic imine (C=N–C) groups is 1. The molecule has 0 saturated carbocycles. The summed E-state index contributed by atoms with van der Waals surface area (Å²) in [6.45, 7) is 6.38. The molecule has 150 valence electrons. The Morgan fingerprint density at radius 3 is 2.67 bits per heavy atom. The van der Waals surface area contributed by atoms with E-state index in [1.54, 1.807) is 14.2 Å². The van der Waals surface area contributed by atoms with Crippen LogP contribution in [0.5, 0.6) is 11.5 Å². The van der Waals surface area contributed by atoms with Crippen molar-refractivity contribution >= 4 is 11.9 Å². The number of guanidine groups is 1. The molecule has 1 N–H and O–H groups in total. The van der Waals surface area contributed by atoms with Gasteiger partial charge in [0.25, 0.3) is 0 Å². The number of benzene rings is 1. The molecule has 1 fully saturated rings. The van der Waals surface area contributed by atoms with E-state index >= 15 is 0 Å². The molecule has 1 aromatic carbocycles. The Labute approximate surface area is 161 Å². The highest BCUT2D eigenvalue weighted by Gasteiger charge is 2.28. The number of rotatable bonds is 7. The number of ether oxygens (including phenoxy) is 3. The quantitative estimate of drug-likeness (QED) is 0.447. The number of hydrogen-bond acceptors (Lipinski definition) is 5. The fraction of sp³-hybridized carbons (Fsp3) is 0.600. The molecule has 0 bridgehead atoms. The summed E-state index contributed by atoms with van der Waals surface area (Å²) >= 11 is 0. The highest BCUT2D eigenvalue weighted by Crippen LogP contribution is 2.19. The Hall–Kier alpha value is -2.44. The summed E-state index contributed by atoms with van der Waals surface area (Å²) < 4.78 is 16.2. The summed E-state index contributed by atoms with van der Waals surface area (Å²) in [6, 6.07) is 7.52. The molecule has 27 heavy (non-hydrogen) atoms. The number of esters is 1. The number of carbonyl (C=O) groups is 1. The average molecular weight is 377 g/mol. The SMILES string of the molecule is CCOC(=O)C1CCCN(C(=NC)NCC(C)Oc2ccc(OC)cc2)C1. The molecule has 2 rings (SSSR count). The van der Waals surface area contributed by atoms with Crippen LogP contribution in [0.3, 0.4) is 0 Å². The summed E-state index contributed by atoms with van der Waals surface area (Å²) in [5.74, 6) is 2.17. The lowest BCUT2D eigenvalue weighted by Crippen LogP contribution is -2.49. The van der Waals surface area contributed by atoms with Crippen LogP contribution in [0.1, 0.15) is 26.7 Å². The fourth-order valence-electron chi connectivity index (χ4n) is 3.12.